The SMILES string of the molecule is [N-]=[N+]=NCC1=C[C@H](n2ccc(N)nc2=O)O[C@@H]1CO. The fourth-order valence-electron chi connectivity index (χ4n) is 1.78. The lowest BCUT2D eigenvalue weighted by atomic mass is 10.1. The van der Waals surface area contributed by atoms with E-state index < -0.39 is 18.0 Å². The molecule has 9 heteroatoms. The minimum Gasteiger partial charge on any atom is -0.393 e. The normalized spacial score (nSPS) is 21.8. The van der Waals surface area contributed by atoms with Crippen LogP contribution in [0.2, 0.25) is 0 Å². The first-order valence-electron chi connectivity index (χ1n) is 5.48. The highest BCUT2D eigenvalue weighted by molar-refractivity contribution is 5.24. The lowest BCUT2D eigenvalue weighted by molar-refractivity contribution is -0.0140. The summed E-state index contributed by atoms with van der Waals surface area (Å²) in [6, 6.07) is 1.47. The molecule has 0 saturated carbocycles. The Balaban J connectivity index is 2.29. The fraction of sp³-hybridized carbons (Fsp3) is 0.400. The van der Waals surface area contributed by atoms with Gasteiger partial charge in [0, 0.05) is 17.7 Å². The Hall–Kier alpha value is -2.35. The minimum absolute atomic E-state index is 0.0787. The number of nitrogen functional groups attached to an aromatic ring is 1. The first-order valence-corrected chi connectivity index (χ1v) is 5.48. The molecule has 1 aromatic rings. The predicted molar refractivity (Wildman–Crippen MR) is 66.0 cm³/mol. The Labute approximate surface area is 107 Å². The third-order valence-corrected chi connectivity index (χ3v) is 2.68. The molecule has 3 N–H and O–H groups in total. The van der Waals surface area contributed by atoms with Gasteiger partial charge < -0.3 is 15.6 Å². The molecule has 2 heterocycles. The third-order valence-electron chi connectivity index (χ3n) is 2.68. The Morgan fingerprint density at radius 2 is 2.47 bits per heavy atom. The van der Waals surface area contributed by atoms with Crippen molar-refractivity contribution in [3.05, 3.63) is 44.8 Å². The van der Waals surface area contributed by atoms with Crippen LogP contribution in [0, 0.1) is 0 Å². The van der Waals surface area contributed by atoms with Gasteiger partial charge in [0.2, 0.25) is 0 Å². The molecule has 0 amide bonds. The van der Waals surface area contributed by atoms with Crippen molar-refractivity contribution < 1.29 is 9.84 Å². The van der Waals surface area contributed by atoms with Crippen molar-refractivity contribution in [2.24, 2.45) is 5.11 Å². The van der Waals surface area contributed by atoms with Crippen molar-refractivity contribution in [3.8, 4) is 0 Å². The van der Waals surface area contributed by atoms with Gasteiger partial charge in [0.25, 0.3) is 0 Å². The van der Waals surface area contributed by atoms with Crippen LogP contribution in [-0.4, -0.2) is 33.9 Å². The highest BCUT2D eigenvalue weighted by Crippen LogP contribution is 2.26. The summed E-state index contributed by atoms with van der Waals surface area (Å²) in [4.78, 5) is 17.9. The van der Waals surface area contributed by atoms with Gasteiger partial charge in [-0.15, -0.1) is 0 Å². The van der Waals surface area contributed by atoms with E-state index in [0.29, 0.717) is 5.57 Å². The van der Waals surface area contributed by atoms with Crippen molar-refractivity contribution in [2.45, 2.75) is 12.3 Å². The van der Waals surface area contributed by atoms with Gasteiger partial charge in [-0.2, -0.15) is 4.98 Å². The highest BCUT2D eigenvalue weighted by Gasteiger charge is 2.27. The number of nitrogens with two attached hydrogens (primary N) is 1. The molecule has 0 fully saturated rings. The standard InChI is InChI=1S/C10H12N6O3/c11-8-1-2-16(10(18)14-8)9-3-6(4-13-15-12)7(5-17)19-9/h1-3,7,9,17H,4-5H2,(H2,11,14,18)/t7-,9-/m1/s1. The van der Waals surface area contributed by atoms with Crippen molar-refractivity contribution in [1.82, 2.24) is 9.55 Å². The summed E-state index contributed by atoms with van der Waals surface area (Å²) in [6.07, 6.45) is 1.78. The zero-order valence-corrected chi connectivity index (χ0v) is 9.88. The van der Waals surface area contributed by atoms with Crippen molar-refractivity contribution in [1.29, 1.82) is 0 Å². The Bertz CT molecular complexity index is 604. The molecular formula is C10H12N6O3. The maximum atomic E-state index is 11.7. The van der Waals surface area contributed by atoms with Crippen LogP contribution in [0.3, 0.4) is 0 Å². The summed E-state index contributed by atoms with van der Waals surface area (Å²) < 4.78 is 6.72. The van der Waals surface area contributed by atoms with E-state index in [-0.39, 0.29) is 19.0 Å². The number of hydrogen-bond acceptors (Lipinski definition) is 6. The molecule has 0 spiro atoms. The monoisotopic (exact) mass is 264 g/mol. The quantitative estimate of drug-likeness (QED) is 0.339. The van der Waals surface area contributed by atoms with Gasteiger partial charge in [-0.25, -0.2) is 4.79 Å². The summed E-state index contributed by atoms with van der Waals surface area (Å²) in [5, 5.41) is 12.6. The zero-order valence-electron chi connectivity index (χ0n) is 9.88. The smallest absolute Gasteiger partial charge is 0.351 e. The molecule has 1 aliphatic heterocycles. The molecule has 2 rings (SSSR count). The van der Waals surface area contributed by atoms with E-state index in [1.807, 2.05) is 0 Å². The van der Waals surface area contributed by atoms with Crippen LogP contribution in [0.1, 0.15) is 6.23 Å². The number of rotatable bonds is 4. The Morgan fingerprint density at radius 3 is 3.11 bits per heavy atom. The third kappa shape index (κ3) is 2.74. The molecule has 2 atom stereocenters. The summed E-state index contributed by atoms with van der Waals surface area (Å²) in [6.45, 7) is -0.185. The summed E-state index contributed by atoms with van der Waals surface area (Å²) >= 11 is 0. The lowest BCUT2D eigenvalue weighted by Crippen LogP contribution is -2.28. The van der Waals surface area contributed by atoms with E-state index in [9.17, 15) is 9.90 Å². The largest absolute Gasteiger partial charge is 0.393 e. The van der Waals surface area contributed by atoms with E-state index in [0.717, 1.165) is 0 Å². The van der Waals surface area contributed by atoms with Gasteiger partial charge in [0.1, 0.15) is 11.9 Å². The van der Waals surface area contributed by atoms with Crippen molar-refractivity contribution in [3.63, 3.8) is 0 Å². The predicted octanol–water partition coefficient (Wildman–Crippen LogP) is -0.0481. The number of ether oxygens (including phenoxy) is 1. The number of hydrogen-bond donors (Lipinski definition) is 2. The van der Waals surface area contributed by atoms with Gasteiger partial charge in [-0.05, 0) is 23.2 Å². The average Bonchev–Trinajstić information content (AvgIpc) is 2.79. The maximum Gasteiger partial charge on any atom is 0.351 e. The topological polar surface area (TPSA) is 139 Å². The van der Waals surface area contributed by atoms with Crippen LogP contribution in [0.25, 0.3) is 10.4 Å². The van der Waals surface area contributed by atoms with E-state index in [2.05, 4.69) is 15.0 Å². The van der Waals surface area contributed by atoms with Crippen LogP contribution in [-0.2, 0) is 4.74 Å². The molecular weight excluding hydrogens is 252 g/mol. The molecule has 0 aromatic carbocycles. The van der Waals surface area contributed by atoms with Gasteiger partial charge >= 0.3 is 5.69 Å². The summed E-state index contributed by atoms with van der Waals surface area (Å²) in [7, 11) is 0. The van der Waals surface area contributed by atoms with Gasteiger partial charge in [0.15, 0.2) is 6.23 Å². The van der Waals surface area contributed by atoms with Crippen LogP contribution < -0.4 is 11.4 Å². The first-order chi connectivity index (χ1) is 9.15. The van der Waals surface area contributed by atoms with Crippen molar-refractivity contribution >= 4 is 5.82 Å². The number of aromatic nitrogens is 2. The number of nitrogens with zero attached hydrogens (tertiary/aromatic N) is 5. The van der Waals surface area contributed by atoms with Crippen LogP contribution in [0.15, 0.2) is 33.8 Å². The molecule has 0 radical (unpaired) electrons. The average molecular weight is 264 g/mol. The summed E-state index contributed by atoms with van der Waals surface area (Å²) in [5.74, 6) is 0.122. The van der Waals surface area contributed by atoms with E-state index in [4.69, 9.17) is 16.0 Å². The molecule has 9 nitrogen and oxygen atoms in total. The maximum absolute atomic E-state index is 11.7. The van der Waals surface area contributed by atoms with Gasteiger partial charge in [-0.3, -0.25) is 4.57 Å². The molecule has 0 bridgehead atoms. The first kappa shape index (κ1) is 13.1. The van der Waals surface area contributed by atoms with E-state index >= 15 is 0 Å². The van der Waals surface area contributed by atoms with Crippen LogP contribution in [0.5, 0.6) is 0 Å². The second kappa shape index (κ2) is 5.53. The molecule has 0 aliphatic carbocycles. The number of aliphatic hydroxyl groups is 1. The second-order valence-corrected chi connectivity index (χ2v) is 3.87. The molecule has 0 saturated heterocycles. The summed E-state index contributed by atoms with van der Waals surface area (Å²) in [5.41, 5.74) is 13.8. The van der Waals surface area contributed by atoms with E-state index in [1.165, 1.54) is 16.8 Å². The molecule has 19 heavy (non-hydrogen) atoms. The van der Waals surface area contributed by atoms with Gasteiger partial charge in [-0.1, -0.05) is 5.11 Å². The van der Waals surface area contributed by atoms with Gasteiger partial charge in [0.05, 0.1) is 6.61 Å². The van der Waals surface area contributed by atoms with Crippen LogP contribution in [0.4, 0.5) is 5.82 Å². The lowest BCUT2D eigenvalue weighted by Gasteiger charge is -2.15. The van der Waals surface area contributed by atoms with E-state index in [1.54, 1.807) is 6.08 Å². The Morgan fingerprint density at radius 1 is 1.68 bits per heavy atom. The zero-order chi connectivity index (χ0) is 13.8. The fourth-order valence-corrected chi connectivity index (χ4v) is 1.78. The minimum atomic E-state index is -0.693. The number of anilines is 1. The molecule has 100 valence electrons. The second-order valence-electron chi connectivity index (χ2n) is 3.87. The number of aliphatic hydroxyl groups excluding tert-OH is 1. The number of azide groups is 1. The Kier molecular flexibility index (Phi) is 3.81. The molecule has 0 unspecified atom stereocenters. The van der Waals surface area contributed by atoms with Crippen LogP contribution >= 0.6 is 0 Å². The highest BCUT2D eigenvalue weighted by atomic mass is 16.5. The molecule has 1 aromatic heterocycles. The van der Waals surface area contributed by atoms with Crippen molar-refractivity contribution in [2.75, 3.05) is 18.9 Å². The molecule has 1 aliphatic rings.